The highest BCUT2D eigenvalue weighted by Crippen LogP contribution is 2.23. The van der Waals surface area contributed by atoms with Gasteiger partial charge in [-0.1, -0.05) is 5.21 Å². The predicted octanol–water partition coefficient (Wildman–Crippen LogP) is 0.973. The molecule has 1 aliphatic rings. The van der Waals surface area contributed by atoms with Crippen molar-refractivity contribution in [3.63, 3.8) is 0 Å². The van der Waals surface area contributed by atoms with Crippen molar-refractivity contribution in [1.29, 1.82) is 0 Å². The van der Waals surface area contributed by atoms with E-state index in [1.165, 1.54) is 17.9 Å². The quantitative estimate of drug-likeness (QED) is 0.547. The molecule has 0 radical (unpaired) electrons. The monoisotopic (exact) mass is 458 g/mol. The van der Waals surface area contributed by atoms with Crippen LogP contribution in [0.2, 0.25) is 0 Å². The van der Waals surface area contributed by atoms with E-state index < -0.39 is 0 Å². The van der Waals surface area contributed by atoms with Gasteiger partial charge in [0.25, 0.3) is 5.17 Å². The normalized spacial score (nSPS) is 13.8. The molecule has 1 fully saturated rings. The van der Waals surface area contributed by atoms with Crippen LogP contribution < -0.4 is 10.2 Å². The van der Waals surface area contributed by atoms with Gasteiger partial charge in [0.15, 0.2) is 0 Å². The minimum atomic E-state index is -0.351. The number of hydrogen-bond donors (Lipinski definition) is 1. The van der Waals surface area contributed by atoms with Crippen molar-refractivity contribution in [3.8, 4) is 5.69 Å². The summed E-state index contributed by atoms with van der Waals surface area (Å²) in [5.41, 5.74) is 1.71. The van der Waals surface area contributed by atoms with Gasteiger partial charge in [-0.3, -0.25) is 4.79 Å². The van der Waals surface area contributed by atoms with Crippen LogP contribution in [-0.4, -0.2) is 73.8 Å². The molecule has 3 heterocycles. The molecule has 3 aromatic rings. The molecule has 10 nitrogen and oxygen atoms in total. The Morgan fingerprint density at radius 2 is 2.09 bits per heavy atom. The Kier molecular flexibility index (Phi) is 6.59. The molecule has 1 amide bonds. The van der Waals surface area contributed by atoms with Gasteiger partial charge < -0.3 is 24.4 Å². The average Bonchev–Trinajstić information content (AvgIpc) is 3.50. The first kappa shape index (κ1) is 21.7. The number of carbonyl (C=O) groups is 1. The fraction of sp³-hybridized carbons (Fsp3) is 0.350. The number of anilines is 1. The maximum absolute atomic E-state index is 14.9. The smallest absolute Gasteiger partial charge is 0.256 e. The Bertz CT molecular complexity index is 1080. The number of benzene rings is 1. The second-order valence-electron chi connectivity index (χ2n) is 7.24. The standard InChI is InChI=1S/C20H23FN8O2S/c1-31-20(32)23-11-15-12-29(25-24-15)16-2-3-18(17(21)10-16)27-6-8-28(9-7-27)19(30)13-26-5-4-22-14-26/h2-5,10,12,14H,6-9,11,13H2,1H3,(H,23,32). The molecule has 1 aliphatic heterocycles. The third-order valence-electron chi connectivity index (χ3n) is 5.19. The Labute approximate surface area is 189 Å². The summed E-state index contributed by atoms with van der Waals surface area (Å²) in [6.45, 7) is 2.82. The maximum atomic E-state index is 14.9. The minimum absolute atomic E-state index is 0.0289. The molecule has 1 saturated heterocycles. The number of hydrogen-bond acceptors (Lipinski definition) is 7. The van der Waals surface area contributed by atoms with E-state index in [1.54, 1.807) is 46.5 Å². The zero-order valence-corrected chi connectivity index (χ0v) is 18.3. The third-order valence-corrected chi connectivity index (χ3v) is 5.50. The van der Waals surface area contributed by atoms with Gasteiger partial charge in [0.2, 0.25) is 5.91 Å². The van der Waals surface area contributed by atoms with Crippen LogP contribution in [0, 0.1) is 5.82 Å². The highest BCUT2D eigenvalue weighted by atomic mass is 32.1. The summed E-state index contributed by atoms with van der Waals surface area (Å²) in [5.74, 6) is -0.322. The van der Waals surface area contributed by atoms with Crippen LogP contribution in [0.25, 0.3) is 5.69 Å². The molecule has 0 bridgehead atoms. The second kappa shape index (κ2) is 9.73. The molecule has 1 N–H and O–H groups in total. The first-order valence-electron chi connectivity index (χ1n) is 10.0. The van der Waals surface area contributed by atoms with Crippen LogP contribution >= 0.6 is 12.2 Å². The van der Waals surface area contributed by atoms with Gasteiger partial charge in [0, 0.05) is 44.6 Å². The lowest BCUT2D eigenvalue weighted by molar-refractivity contribution is -0.132. The number of rotatable bonds is 6. The zero-order chi connectivity index (χ0) is 22.5. The molecule has 12 heteroatoms. The largest absolute Gasteiger partial charge is 0.474 e. The molecule has 0 aliphatic carbocycles. The summed E-state index contributed by atoms with van der Waals surface area (Å²) in [4.78, 5) is 20.1. The molecule has 2 aromatic heterocycles. The number of nitrogens with one attached hydrogen (secondary N) is 1. The summed E-state index contributed by atoms with van der Waals surface area (Å²) >= 11 is 4.93. The number of piperazine rings is 1. The number of methoxy groups -OCH3 is 1. The van der Waals surface area contributed by atoms with E-state index >= 15 is 0 Å². The molecular formula is C20H23FN8O2S. The van der Waals surface area contributed by atoms with E-state index in [9.17, 15) is 9.18 Å². The highest BCUT2D eigenvalue weighted by Gasteiger charge is 2.23. The van der Waals surface area contributed by atoms with Crippen molar-refractivity contribution in [1.82, 2.24) is 34.8 Å². The average molecular weight is 459 g/mol. The number of aromatic nitrogens is 5. The summed E-state index contributed by atoms with van der Waals surface area (Å²) in [6, 6.07) is 4.95. The number of carbonyl (C=O) groups excluding carboxylic acids is 1. The predicted molar refractivity (Wildman–Crippen MR) is 119 cm³/mol. The van der Waals surface area contributed by atoms with E-state index in [1.807, 2.05) is 4.90 Å². The van der Waals surface area contributed by atoms with Crippen molar-refractivity contribution in [3.05, 3.63) is 54.6 Å². The zero-order valence-electron chi connectivity index (χ0n) is 17.5. The minimum Gasteiger partial charge on any atom is -0.474 e. The van der Waals surface area contributed by atoms with Crippen LogP contribution in [0.15, 0.2) is 43.1 Å². The van der Waals surface area contributed by atoms with Gasteiger partial charge in [0.1, 0.15) is 18.1 Å². The lowest BCUT2D eigenvalue weighted by Gasteiger charge is -2.36. The van der Waals surface area contributed by atoms with Gasteiger partial charge in [-0.15, -0.1) is 5.10 Å². The molecule has 4 rings (SSSR count). The Balaban J connectivity index is 1.35. The van der Waals surface area contributed by atoms with Crippen LogP contribution in [-0.2, 0) is 22.6 Å². The Morgan fingerprint density at radius 3 is 2.78 bits per heavy atom. The van der Waals surface area contributed by atoms with E-state index in [0.717, 1.165) is 0 Å². The topological polar surface area (TPSA) is 93.3 Å². The number of nitrogens with zero attached hydrogens (tertiary/aromatic N) is 7. The van der Waals surface area contributed by atoms with E-state index in [4.69, 9.17) is 17.0 Å². The second-order valence-corrected chi connectivity index (χ2v) is 7.61. The maximum Gasteiger partial charge on any atom is 0.256 e. The SMILES string of the molecule is COC(=S)NCc1cn(-c2ccc(N3CCN(C(=O)Cn4ccnc4)CC3)c(F)c2)nn1. The molecular weight excluding hydrogens is 435 g/mol. The molecule has 32 heavy (non-hydrogen) atoms. The molecule has 0 unspecified atom stereocenters. The molecule has 0 atom stereocenters. The van der Waals surface area contributed by atoms with Crippen LogP contribution in [0.5, 0.6) is 0 Å². The lowest BCUT2D eigenvalue weighted by atomic mass is 10.2. The first-order chi connectivity index (χ1) is 15.5. The fourth-order valence-electron chi connectivity index (χ4n) is 3.47. The van der Waals surface area contributed by atoms with Crippen molar-refractivity contribution < 1.29 is 13.9 Å². The third kappa shape index (κ3) is 5.02. The molecule has 168 valence electrons. The van der Waals surface area contributed by atoms with Crippen LogP contribution in [0.4, 0.5) is 10.1 Å². The summed E-state index contributed by atoms with van der Waals surface area (Å²) in [6.07, 6.45) is 6.72. The molecule has 0 saturated carbocycles. The molecule has 1 aromatic carbocycles. The Hall–Kier alpha value is -3.54. The lowest BCUT2D eigenvalue weighted by Crippen LogP contribution is -2.49. The van der Waals surface area contributed by atoms with Gasteiger partial charge in [-0.2, -0.15) is 0 Å². The number of halogens is 1. The summed E-state index contributed by atoms with van der Waals surface area (Å²) in [5, 5.41) is 11.2. The van der Waals surface area contributed by atoms with Crippen molar-refractivity contribution >= 4 is 29.0 Å². The van der Waals surface area contributed by atoms with Gasteiger partial charge >= 0.3 is 0 Å². The van der Waals surface area contributed by atoms with Crippen molar-refractivity contribution in [2.24, 2.45) is 0 Å². The Morgan fingerprint density at radius 1 is 1.28 bits per heavy atom. The fourth-order valence-corrected chi connectivity index (χ4v) is 3.54. The van der Waals surface area contributed by atoms with E-state index in [2.05, 4.69) is 20.6 Å². The molecule has 0 spiro atoms. The van der Waals surface area contributed by atoms with E-state index in [0.29, 0.717) is 49.8 Å². The number of amides is 1. The van der Waals surface area contributed by atoms with Gasteiger partial charge in [-0.05, 0) is 24.4 Å². The van der Waals surface area contributed by atoms with Gasteiger partial charge in [-0.25, -0.2) is 14.1 Å². The van der Waals surface area contributed by atoms with Gasteiger partial charge in [0.05, 0.1) is 37.6 Å². The van der Waals surface area contributed by atoms with Crippen LogP contribution in [0.3, 0.4) is 0 Å². The summed E-state index contributed by atoms with van der Waals surface area (Å²) in [7, 11) is 1.48. The number of ether oxygens (including phenoxy) is 1. The van der Waals surface area contributed by atoms with E-state index in [-0.39, 0.29) is 23.4 Å². The van der Waals surface area contributed by atoms with Crippen molar-refractivity contribution in [2.75, 3.05) is 38.2 Å². The highest BCUT2D eigenvalue weighted by molar-refractivity contribution is 7.80. The number of thiocarbonyl (C=S) groups is 1. The first-order valence-corrected chi connectivity index (χ1v) is 10.5. The van der Waals surface area contributed by atoms with Crippen molar-refractivity contribution in [2.45, 2.75) is 13.1 Å². The number of imidazole rings is 1. The van der Waals surface area contributed by atoms with Crippen LogP contribution in [0.1, 0.15) is 5.69 Å². The summed E-state index contributed by atoms with van der Waals surface area (Å²) < 4.78 is 23.0.